The minimum Gasteiger partial charge on any atom is -0.355 e. The number of halogens is 1. The highest BCUT2D eigenvalue weighted by Gasteiger charge is 2.33. The smallest absolute Gasteiger partial charge is 0.193 e. The Bertz CT molecular complexity index is 583. The second kappa shape index (κ2) is 9.40. The summed E-state index contributed by atoms with van der Waals surface area (Å²) in [5.41, 5.74) is 1.46. The molecule has 3 fully saturated rings. The maximum atomic E-state index is 4.54. The normalized spacial score (nSPS) is 23.2. The van der Waals surface area contributed by atoms with E-state index in [1.807, 2.05) is 7.05 Å². The van der Waals surface area contributed by atoms with Crippen molar-refractivity contribution in [1.82, 2.24) is 15.1 Å². The first kappa shape index (κ1) is 19.9. The molecule has 1 aromatic rings. The zero-order valence-corrected chi connectivity index (χ0v) is 18.3. The van der Waals surface area contributed by atoms with Gasteiger partial charge in [-0.3, -0.25) is 9.89 Å². The summed E-state index contributed by atoms with van der Waals surface area (Å²) >= 11 is 0. The third-order valence-electron chi connectivity index (χ3n) is 5.91. The van der Waals surface area contributed by atoms with Gasteiger partial charge in [-0.05, 0) is 43.6 Å². The minimum absolute atomic E-state index is 0. The Morgan fingerprint density at radius 3 is 2.58 bits per heavy atom. The number of hydrogen-bond donors (Lipinski definition) is 1. The molecule has 0 aromatic heterocycles. The summed E-state index contributed by atoms with van der Waals surface area (Å²) in [5, 5.41) is 3.62. The lowest BCUT2D eigenvalue weighted by Crippen LogP contribution is -2.44. The van der Waals surface area contributed by atoms with Gasteiger partial charge in [-0.25, -0.2) is 0 Å². The number of aliphatic imine (C=N–C) groups is 1. The minimum atomic E-state index is 0. The molecular weight excluding hydrogens is 435 g/mol. The van der Waals surface area contributed by atoms with E-state index in [0.717, 1.165) is 44.1 Å². The Morgan fingerprint density at radius 2 is 1.92 bits per heavy atom. The van der Waals surface area contributed by atoms with E-state index in [-0.39, 0.29) is 24.0 Å². The molecule has 5 heteroatoms. The lowest BCUT2D eigenvalue weighted by Gasteiger charge is -2.25. The standard InChI is InChI=1S/C21H32N4.HI/c1-22-21(23-12-14-24(20-9-10-20)15-17-7-8-17)25-13-11-19(16-25)18-5-3-2-4-6-18;/h2-6,17,19-20H,7-16H2,1H3,(H,22,23);1H. The highest BCUT2D eigenvalue weighted by atomic mass is 127. The molecule has 3 aliphatic rings. The van der Waals surface area contributed by atoms with Crippen LogP contribution in [0.5, 0.6) is 0 Å². The van der Waals surface area contributed by atoms with E-state index >= 15 is 0 Å². The molecule has 0 amide bonds. The Balaban J connectivity index is 0.00000196. The van der Waals surface area contributed by atoms with Gasteiger partial charge in [0.25, 0.3) is 0 Å². The number of rotatable bonds is 7. The number of hydrogen-bond acceptors (Lipinski definition) is 2. The summed E-state index contributed by atoms with van der Waals surface area (Å²) in [6.45, 7) is 5.69. The van der Waals surface area contributed by atoms with Crippen LogP contribution in [-0.4, -0.2) is 61.6 Å². The molecular formula is C21H33IN4. The van der Waals surface area contributed by atoms with Gasteiger partial charge in [0.05, 0.1) is 0 Å². The van der Waals surface area contributed by atoms with Gasteiger partial charge in [0.2, 0.25) is 0 Å². The van der Waals surface area contributed by atoms with Crippen LogP contribution in [-0.2, 0) is 0 Å². The molecule has 2 aliphatic carbocycles. The van der Waals surface area contributed by atoms with Crippen LogP contribution in [0.25, 0.3) is 0 Å². The topological polar surface area (TPSA) is 30.9 Å². The maximum Gasteiger partial charge on any atom is 0.193 e. The Kier molecular flexibility index (Phi) is 7.20. The molecule has 1 unspecified atom stereocenters. The molecule has 2 saturated carbocycles. The van der Waals surface area contributed by atoms with Crippen LogP contribution in [0.4, 0.5) is 0 Å². The molecule has 1 saturated heterocycles. The van der Waals surface area contributed by atoms with Gasteiger partial charge in [0.15, 0.2) is 5.96 Å². The Morgan fingerprint density at radius 1 is 1.15 bits per heavy atom. The Hall–Kier alpha value is -0.820. The van der Waals surface area contributed by atoms with Crippen LogP contribution in [0.1, 0.15) is 43.6 Å². The molecule has 1 aromatic carbocycles. The molecule has 26 heavy (non-hydrogen) atoms. The van der Waals surface area contributed by atoms with E-state index in [9.17, 15) is 0 Å². The summed E-state index contributed by atoms with van der Waals surface area (Å²) in [6.07, 6.45) is 6.94. The van der Waals surface area contributed by atoms with Crippen molar-refractivity contribution >= 4 is 29.9 Å². The number of likely N-dealkylation sites (tertiary alicyclic amines) is 1. The van der Waals surface area contributed by atoms with Gasteiger partial charge in [0, 0.05) is 51.7 Å². The monoisotopic (exact) mass is 468 g/mol. The van der Waals surface area contributed by atoms with Crippen molar-refractivity contribution in [2.24, 2.45) is 10.9 Å². The molecule has 1 atom stereocenters. The predicted molar refractivity (Wildman–Crippen MR) is 119 cm³/mol. The molecule has 0 spiro atoms. The summed E-state index contributed by atoms with van der Waals surface area (Å²) in [4.78, 5) is 9.69. The predicted octanol–water partition coefficient (Wildman–Crippen LogP) is 3.54. The SMILES string of the molecule is CN=C(NCCN(CC1CC1)C1CC1)N1CCC(c2ccccc2)C1.I. The third kappa shape index (κ3) is 5.35. The van der Waals surface area contributed by atoms with E-state index in [4.69, 9.17) is 0 Å². The van der Waals surface area contributed by atoms with Gasteiger partial charge >= 0.3 is 0 Å². The van der Waals surface area contributed by atoms with Gasteiger partial charge in [0.1, 0.15) is 0 Å². The largest absolute Gasteiger partial charge is 0.355 e. The summed E-state index contributed by atoms with van der Waals surface area (Å²) in [7, 11) is 1.92. The number of nitrogens with one attached hydrogen (secondary N) is 1. The number of guanidine groups is 1. The first-order valence-corrected chi connectivity index (χ1v) is 10.1. The van der Waals surface area contributed by atoms with E-state index < -0.39 is 0 Å². The highest BCUT2D eigenvalue weighted by Crippen LogP contribution is 2.34. The lowest BCUT2D eigenvalue weighted by atomic mass is 9.99. The van der Waals surface area contributed by atoms with Gasteiger partial charge in [-0.15, -0.1) is 24.0 Å². The molecule has 1 N–H and O–H groups in total. The molecule has 4 nitrogen and oxygen atoms in total. The molecule has 4 rings (SSSR count). The van der Waals surface area contributed by atoms with Crippen molar-refractivity contribution < 1.29 is 0 Å². The maximum absolute atomic E-state index is 4.54. The number of nitrogens with zero attached hydrogens (tertiary/aromatic N) is 3. The van der Waals surface area contributed by atoms with E-state index in [1.165, 1.54) is 44.2 Å². The van der Waals surface area contributed by atoms with E-state index in [2.05, 4.69) is 50.4 Å². The average Bonchev–Trinajstić information content (AvgIpc) is 3.57. The van der Waals surface area contributed by atoms with Crippen molar-refractivity contribution in [3.8, 4) is 0 Å². The van der Waals surface area contributed by atoms with Crippen LogP contribution >= 0.6 is 24.0 Å². The van der Waals surface area contributed by atoms with Crippen LogP contribution < -0.4 is 5.32 Å². The van der Waals surface area contributed by atoms with Crippen LogP contribution in [0.3, 0.4) is 0 Å². The second-order valence-electron chi connectivity index (χ2n) is 7.99. The number of benzene rings is 1. The zero-order valence-electron chi connectivity index (χ0n) is 15.9. The van der Waals surface area contributed by atoms with Crippen LogP contribution in [0.2, 0.25) is 0 Å². The quantitative estimate of drug-likeness (QED) is 0.377. The van der Waals surface area contributed by atoms with Crippen molar-refractivity contribution in [1.29, 1.82) is 0 Å². The molecule has 0 radical (unpaired) electrons. The summed E-state index contributed by atoms with van der Waals surface area (Å²) in [5.74, 6) is 2.71. The van der Waals surface area contributed by atoms with Crippen LogP contribution in [0, 0.1) is 5.92 Å². The molecule has 1 aliphatic heterocycles. The van der Waals surface area contributed by atoms with Crippen molar-refractivity contribution in [2.75, 3.05) is 39.8 Å². The summed E-state index contributed by atoms with van der Waals surface area (Å²) < 4.78 is 0. The van der Waals surface area contributed by atoms with Gasteiger partial charge in [-0.2, -0.15) is 0 Å². The fourth-order valence-corrected chi connectivity index (χ4v) is 4.09. The van der Waals surface area contributed by atoms with E-state index in [1.54, 1.807) is 0 Å². The molecule has 144 valence electrons. The van der Waals surface area contributed by atoms with Crippen LogP contribution in [0.15, 0.2) is 35.3 Å². The van der Waals surface area contributed by atoms with E-state index in [0.29, 0.717) is 5.92 Å². The third-order valence-corrected chi connectivity index (χ3v) is 5.91. The van der Waals surface area contributed by atoms with Crippen molar-refractivity contribution in [3.63, 3.8) is 0 Å². The van der Waals surface area contributed by atoms with Crippen molar-refractivity contribution in [2.45, 2.75) is 44.1 Å². The molecule has 0 bridgehead atoms. The van der Waals surface area contributed by atoms with Gasteiger partial charge in [-0.1, -0.05) is 30.3 Å². The summed E-state index contributed by atoms with van der Waals surface area (Å²) in [6, 6.07) is 11.8. The van der Waals surface area contributed by atoms with Crippen molar-refractivity contribution in [3.05, 3.63) is 35.9 Å². The first-order chi connectivity index (χ1) is 12.3. The fourth-order valence-electron chi connectivity index (χ4n) is 4.09. The average molecular weight is 468 g/mol. The molecule has 1 heterocycles. The second-order valence-corrected chi connectivity index (χ2v) is 7.99. The zero-order chi connectivity index (χ0) is 17.1. The first-order valence-electron chi connectivity index (χ1n) is 10.1. The Labute approximate surface area is 175 Å². The highest BCUT2D eigenvalue weighted by molar-refractivity contribution is 14.0. The lowest BCUT2D eigenvalue weighted by molar-refractivity contribution is 0.255. The van der Waals surface area contributed by atoms with Gasteiger partial charge < -0.3 is 10.2 Å². The fraction of sp³-hybridized carbons (Fsp3) is 0.667.